The Hall–Kier alpha value is -0.610. The molecule has 1 atom stereocenters. The number of hydrogen-bond acceptors (Lipinski definition) is 3. The van der Waals surface area contributed by atoms with Gasteiger partial charge in [-0.2, -0.15) is 0 Å². The number of primary amides is 1. The normalized spacial score (nSPS) is 14.5. The van der Waals surface area contributed by atoms with Crippen molar-refractivity contribution < 1.29 is 9.53 Å². The molecule has 1 amide bonds. The minimum Gasteiger partial charge on any atom is -0.381 e. The average molecular weight is 244 g/mol. The van der Waals surface area contributed by atoms with E-state index < -0.39 is 5.54 Å². The fourth-order valence-electron chi connectivity index (χ4n) is 1.56. The number of hydrogen-bond donors (Lipinski definition) is 2. The van der Waals surface area contributed by atoms with Gasteiger partial charge in [0.2, 0.25) is 5.91 Å². The number of unbranched alkanes of at least 4 members (excludes halogenated alkanes) is 4. The molecule has 0 aromatic carbocycles. The highest BCUT2D eigenvalue weighted by Crippen LogP contribution is 2.08. The Bertz CT molecular complexity index is 210. The summed E-state index contributed by atoms with van der Waals surface area (Å²) >= 11 is 0. The molecule has 0 aliphatic carbocycles. The zero-order chi connectivity index (χ0) is 13.1. The van der Waals surface area contributed by atoms with Gasteiger partial charge < -0.3 is 15.8 Å². The van der Waals surface area contributed by atoms with E-state index in [2.05, 4.69) is 12.2 Å². The van der Waals surface area contributed by atoms with Crippen LogP contribution < -0.4 is 11.1 Å². The van der Waals surface area contributed by atoms with Crippen LogP contribution in [-0.4, -0.2) is 31.7 Å². The monoisotopic (exact) mass is 244 g/mol. The van der Waals surface area contributed by atoms with E-state index in [9.17, 15) is 4.79 Å². The Morgan fingerprint density at radius 3 is 2.41 bits per heavy atom. The van der Waals surface area contributed by atoms with Crippen molar-refractivity contribution in [2.24, 2.45) is 5.73 Å². The van der Waals surface area contributed by atoms with E-state index in [4.69, 9.17) is 10.5 Å². The zero-order valence-corrected chi connectivity index (χ0v) is 11.6. The number of carbonyl (C=O) groups is 1. The first-order valence-electron chi connectivity index (χ1n) is 6.63. The largest absolute Gasteiger partial charge is 0.381 e. The highest BCUT2D eigenvalue weighted by Gasteiger charge is 2.28. The van der Waals surface area contributed by atoms with Gasteiger partial charge in [0.1, 0.15) is 0 Å². The average Bonchev–Trinajstić information content (AvgIpc) is 2.32. The molecule has 0 aromatic heterocycles. The first kappa shape index (κ1) is 16.4. The van der Waals surface area contributed by atoms with E-state index >= 15 is 0 Å². The minimum absolute atomic E-state index is 0.327. The van der Waals surface area contributed by atoms with Crippen LogP contribution in [0.25, 0.3) is 0 Å². The standard InChI is InChI=1S/C13H28N2O2/c1-4-5-6-7-8-10-17-11-9-13(2,15-3)12(14)16/h15H,4-11H2,1-3H3,(H2,14,16). The number of rotatable bonds is 11. The Labute approximate surface area is 105 Å². The SMILES string of the molecule is CCCCCCCOCCC(C)(NC)C(N)=O. The third kappa shape index (κ3) is 7.34. The van der Waals surface area contributed by atoms with Gasteiger partial charge in [-0.3, -0.25) is 4.79 Å². The van der Waals surface area contributed by atoms with Crippen LogP contribution in [0.4, 0.5) is 0 Å². The van der Waals surface area contributed by atoms with Crippen molar-refractivity contribution in [1.82, 2.24) is 5.32 Å². The van der Waals surface area contributed by atoms with E-state index in [0.29, 0.717) is 13.0 Å². The number of amides is 1. The number of ether oxygens (including phenoxy) is 1. The molecular formula is C13H28N2O2. The van der Waals surface area contributed by atoms with Crippen molar-refractivity contribution in [3.63, 3.8) is 0 Å². The molecule has 0 aliphatic heterocycles. The Morgan fingerprint density at radius 2 is 1.88 bits per heavy atom. The van der Waals surface area contributed by atoms with Gasteiger partial charge in [0, 0.05) is 13.2 Å². The lowest BCUT2D eigenvalue weighted by Crippen LogP contribution is -2.52. The van der Waals surface area contributed by atoms with Gasteiger partial charge in [-0.25, -0.2) is 0 Å². The number of carbonyl (C=O) groups excluding carboxylic acids is 1. The predicted octanol–water partition coefficient (Wildman–Crippen LogP) is 1.83. The molecule has 0 saturated carbocycles. The molecule has 1 unspecified atom stereocenters. The van der Waals surface area contributed by atoms with Crippen molar-refractivity contribution >= 4 is 5.91 Å². The van der Waals surface area contributed by atoms with Crippen LogP contribution in [0.5, 0.6) is 0 Å². The fourth-order valence-corrected chi connectivity index (χ4v) is 1.56. The van der Waals surface area contributed by atoms with Crippen LogP contribution in [0.15, 0.2) is 0 Å². The van der Waals surface area contributed by atoms with Crippen molar-refractivity contribution in [3.05, 3.63) is 0 Å². The maximum atomic E-state index is 11.2. The molecule has 0 bridgehead atoms. The Balaban J connectivity index is 3.47. The van der Waals surface area contributed by atoms with Crippen LogP contribution in [0.2, 0.25) is 0 Å². The van der Waals surface area contributed by atoms with Gasteiger partial charge in [0.15, 0.2) is 0 Å². The minimum atomic E-state index is -0.651. The molecular weight excluding hydrogens is 216 g/mol. The zero-order valence-electron chi connectivity index (χ0n) is 11.6. The molecule has 0 heterocycles. The lowest BCUT2D eigenvalue weighted by Gasteiger charge is -2.25. The molecule has 0 fully saturated rings. The molecule has 17 heavy (non-hydrogen) atoms. The molecule has 4 heteroatoms. The maximum Gasteiger partial charge on any atom is 0.237 e. The topological polar surface area (TPSA) is 64.3 Å². The van der Waals surface area contributed by atoms with Crippen LogP contribution >= 0.6 is 0 Å². The Kier molecular flexibility index (Phi) is 9.09. The van der Waals surface area contributed by atoms with Crippen molar-refractivity contribution in [3.8, 4) is 0 Å². The molecule has 102 valence electrons. The highest BCUT2D eigenvalue weighted by molar-refractivity contribution is 5.84. The van der Waals surface area contributed by atoms with E-state index in [-0.39, 0.29) is 5.91 Å². The van der Waals surface area contributed by atoms with E-state index in [1.807, 2.05) is 0 Å². The number of nitrogens with two attached hydrogens (primary N) is 1. The van der Waals surface area contributed by atoms with Crippen molar-refractivity contribution in [2.75, 3.05) is 20.3 Å². The molecule has 0 rings (SSSR count). The molecule has 0 saturated heterocycles. The molecule has 4 nitrogen and oxygen atoms in total. The molecule has 0 aliphatic rings. The van der Waals surface area contributed by atoms with Gasteiger partial charge in [0.25, 0.3) is 0 Å². The molecule has 0 radical (unpaired) electrons. The van der Waals surface area contributed by atoms with Gasteiger partial charge in [0.05, 0.1) is 5.54 Å². The van der Waals surface area contributed by atoms with Crippen LogP contribution in [-0.2, 0) is 9.53 Å². The second kappa shape index (κ2) is 9.42. The van der Waals surface area contributed by atoms with Crippen LogP contribution in [0.1, 0.15) is 52.4 Å². The van der Waals surface area contributed by atoms with Gasteiger partial charge >= 0.3 is 0 Å². The van der Waals surface area contributed by atoms with Gasteiger partial charge in [-0.15, -0.1) is 0 Å². The van der Waals surface area contributed by atoms with E-state index in [0.717, 1.165) is 13.0 Å². The smallest absolute Gasteiger partial charge is 0.237 e. The summed E-state index contributed by atoms with van der Waals surface area (Å²) < 4.78 is 5.51. The van der Waals surface area contributed by atoms with Gasteiger partial charge in [-0.05, 0) is 26.8 Å². The summed E-state index contributed by atoms with van der Waals surface area (Å²) in [6.07, 6.45) is 6.81. The number of nitrogens with one attached hydrogen (secondary N) is 1. The van der Waals surface area contributed by atoms with Crippen molar-refractivity contribution in [1.29, 1.82) is 0 Å². The second-order valence-corrected chi connectivity index (χ2v) is 4.72. The lowest BCUT2D eigenvalue weighted by molar-refractivity contribution is -0.124. The Morgan fingerprint density at radius 1 is 1.24 bits per heavy atom. The summed E-state index contributed by atoms with van der Waals surface area (Å²) in [5.74, 6) is -0.327. The number of likely N-dealkylation sites (N-methyl/N-ethyl adjacent to an activating group) is 1. The summed E-state index contributed by atoms with van der Waals surface area (Å²) in [4.78, 5) is 11.2. The van der Waals surface area contributed by atoms with E-state index in [1.54, 1.807) is 14.0 Å². The maximum absolute atomic E-state index is 11.2. The van der Waals surface area contributed by atoms with Crippen LogP contribution in [0.3, 0.4) is 0 Å². The summed E-state index contributed by atoms with van der Waals surface area (Å²) in [7, 11) is 1.75. The first-order valence-corrected chi connectivity index (χ1v) is 6.63. The fraction of sp³-hybridized carbons (Fsp3) is 0.923. The predicted molar refractivity (Wildman–Crippen MR) is 70.9 cm³/mol. The summed E-state index contributed by atoms with van der Waals surface area (Å²) in [5.41, 5.74) is 4.67. The van der Waals surface area contributed by atoms with E-state index in [1.165, 1.54) is 25.7 Å². The highest BCUT2D eigenvalue weighted by atomic mass is 16.5. The lowest BCUT2D eigenvalue weighted by atomic mass is 9.98. The summed E-state index contributed by atoms with van der Waals surface area (Å²) in [5, 5.41) is 2.94. The summed E-state index contributed by atoms with van der Waals surface area (Å²) in [6, 6.07) is 0. The van der Waals surface area contributed by atoms with Crippen LogP contribution in [0, 0.1) is 0 Å². The molecule has 3 N–H and O–H groups in total. The van der Waals surface area contributed by atoms with Gasteiger partial charge in [-0.1, -0.05) is 32.6 Å². The quantitative estimate of drug-likeness (QED) is 0.545. The second-order valence-electron chi connectivity index (χ2n) is 4.72. The molecule has 0 aromatic rings. The third-order valence-electron chi connectivity index (χ3n) is 3.23. The molecule has 0 spiro atoms. The first-order chi connectivity index (χ1) is 8.06. The summed E-state index contributed by atoms with van der Waals surface area (Å²) in [6.45, 7) is 5.37. The van der Waals surface area contributed by atoms with Crippen molar-refractivity contribution in [2.45, 2.75) is 57.9 Å². The third-order valence-corrected chi connectivity index (χ3v) is 3.23.